The molecule has 2 aliphatic carbocycles. The zero-order chi connectivity index (χ0) is 22.9. The van der Waals surface area contributed by atoms with Gasteiger partial charge in [0.2, 0.25) is 0 Å². The van der Waals surface area contributed by atoms with Crippen LogP contribution >= 0.6 is 0 Å². The van der Waals surface area contributed by atoms with Crippen molar-refractivity contribution in [3.05, 3.63) is 35.7 Å². The smallest absolute Gasteiger partial charge is 0.131 e. The van der Waals surface area contributed by atoms with Gasteiger partial charge in [-0.3, -0.25) is 0 Å². The van der Waals surface area contributed by atoms with Crippen molar-refractivity contribution in [2.45, 2.75) is 57.1 Å². The van der Waals surface area contributed by atoms with Gasteiger partial charge in [-0.05, 0) is 71.8 Å². The molecule has 0 radical (unpaired) electrons. The first kappa shape index (κ1) is 22.5. The Hall–Kier alpha value is -2.71. The lowest BCUT2D eigenvalue weighted by molar-refractivity contribution is 0.124. The van der Waals surface area contributed by atoms with E-state index in [0.717, 1.165) is 66.1 Å². The number of nitrogens with two attached hydrogens (primary N) is 2. The Bertz CT molecular complexity index is 996. The van der Waals surface area contributed by atoms with Crippen molar-refractivity contribution in [2.24, 2.45) is 10.9 Å². The molecule has 8 nitrogen and oxygen atoms in total. The molecule has 0 atom stereocenters. The molecular weight excluding hydrogens is 404 g/mol. The first-order chi connectivity index (χ1) is 15.3. The lowest BCUT2D eigenvalue weighted by Crippen LogP contribution is -2.36. The van der Waals surface area contributed by atoms with E-state index in [-0.39, 0.29) is 6.10 Å². The molecule has 172 valence electrons. The average Bonchev–Trinajstić information content (AvgIpc) is 2.74. The second kappa shape index (κ2) is 9.03. The van der Waals surface area contributed by atoms with Gasteiger partial charge >= 0.3 is 0 Å². The Balaban J connectivity index is 1.72. The summed E-state index contributed by atoms with van der Waals surface area (Å²) < 4.78 is 6.34. The molecule has 0 saturated heterocycles. The fraction of sp³-hybridized carbons (Fsp3) is 0.542. The third-order valence-corrected chi connectivity index (χ3v) is 6.40. The van der Waals surface area contributed by atoms with Crippen LogP contribution in [0.3, 0.4) is 0 Å². The lowest BCUT2D eigenvalue weighted by atomic mass is 9.70. The van der Waals surface area contributed by atoms with Gasteiger partial charge in [-0.15, -0.1) is 0 Å². The zero-order valence-corrected chi connectivity index (χ0v) is 19.5. The molecule has 0 unspecified atom stereocenters. The average molecular weight is 439 g/mol. The van der Waals surface area contributed by atoms with Gasteiger partial charge in [0.15, 0.2) is 0 Å². The number of benzene rings is 1. The van der Waals surface area contributed by atoms with Gasteiger partial charge in [0.1, 0.15) is 24.5 Å². The molecule has 8 heteroatoms. The molecular formula is C24H34N6O2. The van der Waals surface area contributed by atoms with Crippen LogP contribution in [0.2, 0.25) is 0 Å². The first-order valence-corrected chi connectivity index (χ1v) is 11.3. The molecule has 1 fully saturated rings. The summed E-state index contributed by atoms with van der Waals surface area (Å²) in [5.74, 6) is 1.29. The van der Waals surface area contributed by atoms with Gasteiger partial charge in [-0.25, -0.2) is 9.97 Å². The highest BCUT2D eigenvalue weighted by Gasteiger charge is 2.41. The van der Waals surface area contributed by atoms with Crippen LogP contribution in [0.1, 0.15) is 50.7 Å². The predicted octanol–water partition coefficient (Wildman–Crippen LogP) is 2.95. The summed E-state index contributed by atoms with van der Waals surface area (Å²) in [7, 11) is 4.01. The number of anilines is 1. The number of hydrogen-bond donors (Lipinski definition) is 2. The molecule has 0 bridgehead atoms. The normalized spacial score (nSPS) is 23.0. The van der Waals surface area contributed by atoms with Crippen molar-refractivity contribution >= 4 is 11.5 Å². The Morgan fingerprint density at radius 2 is 1.88 bits per heavy atom. The molecule has 2 aliphatic rings. The number of oxime groups is 1. The summed E-state index contributed by atoms with van der Waals surface area (Å²) in [6.45, 7) is 5.43. The van der Waals surface area contributed by atoms with E-state index in [0.29, 0.717) is 18.5 Å². The second-order valence-corrected chi connectivity index (χ2v) is 9.55. The molecule has 0 aliphatic heterocycles. The Morgan fingerprint density at radius 3 is 2.59 bits per heavy atom. The Labute approximate surface area is 190 Å². The van der Waals surface area contributed by atoms with Crippen molar-refractivity contribution in [1.82, 2.24) is 14.9 Å². The van der Waals surface area contributed by atoms with Gasteiger partial charge in [0, 0.05) is 34.7 Å². The molecule has 0 amide bonds. The van der Waals surface area contributed by atoms with Crippen LogP contribution in [0.4, 0.5) is 5.82 Å². The molecule has 1 saturated carbocycles. The molecule has 2 aromatic rings. The number of aromatic nitrogens is 2. The zero-order valence-electron chi connectivity index (χ0n) is 19.5. The number of nitrogen functional groups attached to an aromatic ring is 1. The fourth-order valence-electron chi connectivity index (χ4n) is 4.57. The second-order valence-electron chi connectivity index (χ2n) is 9.55. The first-order valence-electron chi connectivity index (χ1n) is 11.3. The van der Waals surface area contributed by atoms with Crippen LogP contribution in [0.15, 0.2) is 29.7 Å². The summed E-state index contributed by atoms with van der Waals surface area (Å²) in [5, 5.41) is 4.59. The third-order valence-electron chi connectivity index (χ3n) is 6.40. The van der Waals surface area contributed by atoms with Gasteiger partial charge < -0.3 is 25.9 Å². The van der Waals surface area contributed by atoms with Crippen molar-refractivity contribution in [2.75, 3.05) is 33.0 Å². The molecule has 1 heterocycles. The van der Waals surface area contributed by atoms with E-state index < -0.39 is 5.41 Å². The van der Waals surface area contributed by atoms with Crippen LogP contribution in [0, 0.1) is 0 Å². The van der Waals surface area contributed by atoms with Crippen LogP contribution in [-0.4, -0.2) is 60.0 Å². The van der Waals surface area contributed by atoms with Crippen molar-refractivity contribution in [1.29, 1.82) is 0 Å². The predicted molar refractivity (Wildman–Crippen MR) is 127 cm³/mol. The van der Waals surface area contributed by atoms with E-state index in [1.165, 1.54) is 6.33 Å². The standard InChI is InChI=1S/C24H34N6O2/c1-24(2)20-21(27-14-28-23(20)26)18-10-9-17(32-16-7-5-15(25)6-8-16)13-19(18)22(24)29-31-12-11-30(3)4/h9-10,13-16H,5-8,11-12,25H2,1-4H3,(H2,26,27,28)/b29-22+/t15-,16-. The highest BCUT2D eigenvalue weighted by atomic mass is 16.6. The lowest BCUT2D eigenvalue weighted by Gasteiger charge is -2.35. The number of rotatable bonds is 6. The van der Waals surface area contributed by atoms with Gasteiger partial charge in [0.25, 0.3) is 0 Å². The van der Waals surface area contributed by atoms with E-state index in [1.807, 2.05) is 26.2 Å². The highest BCUT2D eigenvalue weighted by Crippen LogP contribution is 2.45. The third kappa shape index (κ3) is 4.42. The maximum Gasteiger partial charge on any atom is 0.131 e. The molecule has 1 aromatic carbocycles. The van der Waals surface area contributed by atoms with E-state index in [4.69, 9.17) is 21.0 Å². The fourth-order valence-corrected chi connectivity index (χ4v) is 4.57. The Kier molecular flexibility index (Phi) is 6.35. The summed E-state index contributed by atoms with van der Waals surface area (Å²) in [5.41, 5.74) is 16.3. The minimum atomic E-state index is -0.526. The quantitative estimate of drug-likeness (QED) is 0.527. The van der Waals surface area contributed by atoms with Crippen molar-refractivity contribution < 1.29 is 9.57 Å². The van der Waals surface area contributed by atoms with Gasteiger partial charge in [-0.1, -0.05) is 5.16 Å². The van der Waals surface area contributed by atoms with E-state index in [2.05, 4.69) is 39.9 Å². The molecule has 0 spiro atoms. The minimum Gasteiger partial charge on any atom is -0.490 e. The maximum absolute atomic E-state index is 6.34. The number of nitrogens with zero attached hydrogens (tertiary/aromatic N) is 4. The Morgan fingerprint density at radius 1 is 1.12 bits per heavy atom. The SMILES string of the molecule is CN(C)CCO/N=C1\c2cc(O[C@H]3CC[C@H](N)CC3)ccc2-c2ncnc(N)c2C1(C)C. The molecule has 1 aromatic heterocycles. The summed E-state index contributed by atoms with van der Waals surface area (Å²) in [4.78, 5) is 16.6. The minimum absolute atomic E-state index is 0.187. The maximum atomic E-state index is 6.34. The number of hydrogen-bond acceptors (Lipinski definition) is 8. The van der Waals surface area contributed by atoms with Crippen LogP contribution in [0.25, 0.3) is 11.3 Å². The highest BCUT2D eigenvalue weighted by molar-refractivity contribution is 6.15. The van der Waals surface area contributed by atoms with Gasteiger partial charge in [0.05, 0.1) is 17.5 Å². The number of fused-ring (bicyclic) bond motifs is 3. The van der Waals surface area contributed by atoms with Crippen LogP contribution in [0.5, 0.6) is 5.75 Å². The van der Waals surface area contributed by atoms with Crippen molar-refractivity contribution in [3.63, 3.8) is 0 Å². The van der Waals surface area contributed by atoms with E-state index in [9.17, 15) is 0 Å². The summed E-state index contributed by atoms with van der Waals surface area (Å²) >= 11 is 0. The topological polar surface area (TPSA) is 112 Å². The molecule has 32 heavy (non-hydrogen) atoms. The number of ether oxygens (including phenoxy) is 1. The summed E-state index contributed by atoms with van der Waals surface area (Å²) in [6.07, 6.45) is 5.65. The van der Waals surface area contributed by atoms with E-state index >= 15 is 0 Å². The van der Waals surface area contributed by atoms with Crippen LogP contribution < -0.4 is 16.2 Å². The number of likely N-dealkylation sites (N-methyl/N-ethyl adjacent to an activating group) is 1. The molecule has 4 rings (SSSR count). The summed E-state index contributed by atoms with van der Waals surface area (Å²) in [6, 6.07) is 6.38. The largest absolute Gasteiger partial charge is 0.490 e. The molecule has 4 N–H and O–H groups in total. The van der Waals surface area contributed by atoms with Crippen LogP contribution in [-0.2, 0) is 10.3 Å². The van der Waals surface area contributed by atoms with Crippen molar-refractivity contribution in [3.8, 4) is 17.0 Å². The van der Waals surface area contributed by atoms with Gasteiger partial charge in [-0.2, -0.15) is 0 Å². The van der Waals surface area contributed by atoms with E-state index in [1.54, 1.807) is 0 Å². The monoisotopic (exact) mass is 438 g/mol.